The first-order chi connectivity index (χ1) is 9.65. The second-order valence-electron chi connectivity index (χ2n) is 5.88. The number of hydrogen-bond donors (Lipinski definition) is 4. The summed E-state index contributed by atoms with van der Waals surface area (Å²) in [6.07, 6.45) is 0. The molecule has 6 nitrogen and oxygen atoms in total. The van der Waals surface area contributed by atoms with E-state index in [1.807, 2.05) is 0 Å². The Kier molecular flexibility index (Phi) is 9.33. The van der Waals surface area contributed by atoms with Gasteiger partial charge < -0.3 is 22.1 Å². The first-order valence-electron chi connectivity index (χ1n) is 7.97. The molecule has 2 aliphatic rings. The average molecular weight is 286 g/mol. The fourth-order valence-electron chi connectivity index (χ4n) is 2.50. The zero-order chi connectivity index (χ0) is 14.8. The number of rotatable bonds is 4. The molecule has 0 aromatic rings. The third kappa shape index (κ3) is 7.52. The molecule has 2 saturated heterocycles. The van der Waals surface area contributed by atoms with Crippen LogP contribution in [0.2, 0.25) is 0 Å². The molecule has 0 radical (unpaired) electrons. The second kappa shape index (κ2) is 10.5. The van der Waals surface area contributed by atoms with E-state index in [0.717, 1.165) is 65.4 Å². The van der Waals surface area contributed by atoms with Gasteiger partial charge in [0.15, 0.2) is 0 Å². The van der Waals surface area contributed by atoms with E-state index in [9.17, 15) is 0 Å². The summed E-state index contributed by atoms with van der Waals surface area (Å²) in [7, 11) is 0. The molecule has 0 aromatic carbocycles. The van der Waals surface area contributed by atoms with Crippen LogP contribution in [-0.2, 0) is 0 Å². The molecule has 0 aliphatic carbocycles. The molecule has 0 spiro atoms. The van der Waals surface area contributed by atoms with Crippen LogP contribution in [0.1, 0.15) is 13.8 Å². The Morgan fingerprint density at radius 2 is 1.15 bits per heavy atom. The molecule has 2 aliphatic heterocycles. The molecule has 2 fully saturated rings. The van der Waals surface area contributed by atoms with Gasteiger partial charge in [-0.3, -0.25) is 9.80 Å². The lowest BCUT2D eigenvalue weighted by Crippen LogP contribution is -2.51. The molecule has 0 amide bonds. The predicted molar refractivity (Wildman–Crippen MR) is 85.9 cm³/mol. The minimum atomic E-state index is 0.659. The number of hydrogen-bond acceptors (Lipinski definition) is 6. The lowest BCUT2D eigenvalue weighted by atomic mass is 10.2. The van der Waals surface area contributed by atoms with Gasteiger partial charge >= 0.3 is 0 Å². The van der Waals surface area contributed by atoms with Crippen molar-refractivity contribution >= 4 is 0 Å². The summed E-state index contributed by atoms with van der Waals surface area (Å²) in [5.41, 5.74) is 11.0. The minimum Gasteiger partial charge on any atom is -0.329 e. The molecule has 20 heavy (non-hydrogen) atoms. The van der Waals surface area contributed by atoms with Gasteiger partial charge in [-0.05, 0) is 13.8 Å². The van der Waals surface area contributed by atoms with Gasteiger partial charge in [-0.2, -0.15) is 0 Å². The minimum absolute atomic E-state index is 0.659. The van der Waals surface area contributed by atoms with Crippen LogP contribution in [0.3, 0.4) is 0 Å². The molecule has 0 aromatic heterocycles. The van der Waals surface area contributed by atoms with Gasteiger partial charge in [0.1, 0.15) is 0 Å². The normalized spacial score (nSPS) is 28.8. The van der Waals surface area contributed by atoms with Crippen molar-refractivity contribution in [2.24, 2.45) is 11.5 Å². The number of nitrogens with two attached hydrogens (primary N) is 2. The third-order valence-electron chi connectivity index (χ3n) is 3.90. The summed E-state index contributed by atoms with van der Waals surface area (Å²) in [5, 5.41) is 6.74. The van der Waals surface area contributed by atoms with Crippen LogP contribution in [0.25, 0.3) is 0 Å². The van der Waals surface area contributed by atoms with Crippen LogP contribution in [0.5, 0.6) is 0 Å². The SMILES string of the molecule is C[C@@H]1CN[C@@H](C)CN1.NCCN1CCN(CCN)CC1. The highest BCUT2D eigenvalue weighted by Gasteiger charge is 2.14. The summed E-state index contributed by atoms with van der Waals surface area (Å²) in [4.78, 5) is 4.82. The van der Waals surface area contributed by atoms with Gasteiger partial charge in [0, 0.05) is 77.5 Å². The molecule has 2 rings (SSSR count). The highest BCUT2D eigenvalue weighted by atomic mass is 15.3. The van der Waals surface area contributed by atoms with Gasteiger partial charge in [-0.25, -0.2) is 0 Å². The molecule has 0 unspecified atom stereocenters. The highest BCUT2D eigenvalue weighted by Crippen LogP contribution is 1.99. The van der Waals surface area contributed by atoms with Gasteiger partial charge in [0.2, 0.25) is 0 Å². The topological polar surface area (TPSA) is 82.6 Å². The standard InChI is InChI=1S/C8H20N4.C6H14N2/c9-1-3-11-5-7-12(4-2-10)8-6-11;1-5-3-8-6(2)4-7-5/h1-10H2;5-8H,3-4H2,1-2H3/t;5-,6+. The summed E-state index contributed by atoms with van der Waals surface area (Å²) < 4.78 is 0. The zero-order valence-corrected chi connectivity index (χ0v) is 13.3. The van der Waals surface area contributed by atoms with Gasteiger partial charge in [-0.15, -0.1) is 0 Å². The molecule has 2 atom stereocenters. The van der Waals surface area contributed by atoms with E-state index in [-0.39, 0.29) is 0 Å². The van der Waals surface area contributed by atoms with Gasteiger partial charge in [-0.1, -0.05) is 0 Å². The Morgan fingerprint density at radius 1 is 0.800 bits per heavy atom. The first kappa shape index (κ1) is 17.8. The van der Waals surface area contributed by atoms with E-state index in [1.54, 1.807) is 0 Å². The fourth-order valence-corrected chi connectivity index (χ4v) is 2.50. The third-order valence-corrected chi connectivity index (χ3v) is 3.90. The largest absolute Gasteiger partial charge is 0.329 e. The quantitative estimate of drug-likeness (QED) is 0.502. The van der Waals surface area contributed by atoms with Crippen molar-refractivity contribution in [2.45, 2.75) is 25.9 Å². The molecule has 120 valence electrons. The lowest BCUT2D eigenvalue weighted by molar-refractivity contribution is 0.138. The van der Waals surface area contributed by atoms with Crippen LogP contribution >= 0.6 is 0 Å². The van der Waals surface area contributed by atoms with Crippen LogP contribution in [0.15, 0.2) is 0 Å². The molecule has 6 N–H and O–H groups in total. The van der Waals surface area contributed by atoms with Crippen molar-refractivity contribution in [3.05, 3.63) is 0 Å². The van der Waals surface area contributed by atoms with Gasteiger partial charge in [0.05, 0.1) is 0 Å². The Hall–Kier alpha value is -0.240. The van der Waals surface area contributed by atoms with E-state index in [2.05, 4.69) is 34.3 Å². The van der Waals surface area contributed by atoms with E-state index >= 15 is 0 Å². The van der Waals surface area contributed by atoms with E-state index in [4.69, 9.17) is 11.5 Å². The van der Waals surface area contributed by atoms with Gasteiger partial charge in [0.25, 0.3) is 0 Å². The molecule has 0 bridgehead atoms. The van der Waals surface area contributed by atoms with E-state index < -0.39 is 0 Å². The lowest BCUT2D eigenvalue weighted by Gasteiger charge is -2.34. The van der Waals surface area contributed by atoms with E-state index in [1.165, 1.54) is 0 Å². The maximum atomic E-state index is 5.48. The van der Waals surface area contributed by atoms with Crippen molar-refractivity contribution in [2.75, 3.05) is 65.4 Å². The Bertz CT molecular complexity index is 198. The summed E-state index contributed by atoms with van der Waals surface area (Å²) in [6.45, 7) is 14.8. The maximum absolute atomic E-state index is 5.48. The van der Waals surface area contributed by atoms with Crippen molar-refractivity contribution in [1.82, 2.24) is 20.4 Å². The maximum Gasteiger partial charge on any atom is 0.0164 e. The predicted octanol–water partition coefficient (Wildman–Crippen LogP) is -1.52. The number of piperazine rings is 2. The molecular formula is C14H34N6. The van der Waals surface area contributed by atoms with Crippen molar-refractivity contribution in [1.29, 1.82) is 0 Å². The summed E-state index contributed by atoms with van der Waals surface area (Å²) in [5.74, 6) is 0. The highest BCUT2D eigenvalue weighted by molar-refractivity contribution is 4.76. The number of nitrogens with zero attached hydrogens (tertiary/aromatic N) is 2. The smallest absolute Gasteiger partial charge is 0.0164 e. The van der Waals surface area contributed by atoms with Crippen LogP contribution in [-0.4, -0.2) is 87.3 Å². The summed E-state index contributed by atoms with van der Waals surface area (Å²) >= 11 is 0. The monoisotopic (exact) mass is 286 g/mol. The van der Waals surface area contributed by atoms with E-state index in [0.29, 0.717) is 12.1 Å². The Morgan fingerprint density at radius 3 is 1.40 bits per heavy atom. The average Bonchev–Trinajstić information content (AvgIpc) is 2.46. The van der Waals surface area contributed by atoms with Crippen LogP contribution in [0, 0.1) is 0 Å². The molecule has 0 saturated carbocycles. The second-order valence-corrected chi connectivity index (χ2v) is 5.88. The number of nitrogens with one attached hydrogen (secondary N) is 2. The Balaban J connectivity index is 0.000000217. The van der Waals surface area contributed by atoms with Crippen molar-refractivity contribution in [3.63, 3.8) is 0 Å². The zero-order valence-electron chi connectivity index (χ0n) is 13.3. The molecule has 2 heterocycles. The first-order valence-corrected chi connectivity index (χ1v) is 7.97. The fraction of sp³-hybridized carbons (Fsp3) is 1.00. The van der Waals surface area contributed by atoms with Crippen LogP contribution < -0.4 is 22.1 Å². The Labute approximate surface area is 124 Å². The van der Waals surface area contributed by atoms with Crippen molar-refractivity contribution < 1.29 is 0 Å². The molecular weight excluding hydrogens is 252 g/mol. The van der Waals surface area contributed by atoms with Crippen molar-refractivity contribution in [3.8, 4) is 0 Å². The summed E-state index contributed by atoms with van der Waals surface area (Å²) in [6, 6.07) is 1.32. The van der Waals surface area contributed by atoms with Crippen LogP contribution in [0.4, 0.5) is 0 Å². The molecule has 6 heteroatoms.